The van der Waals surface area contributed by atoms with E-state index in [9.17, 15) is 14.4 Å². The largest absolute Gasteiger partial charge is 0.368 e. The van der Waals surface area contributed by atoms with E-state index in [1.807, 2.05) is 30.3 Å². The van der Waals surface area contributed by atoms with Gasteiger partial charge in [0.15, 0.2) is 0 Å². The summed E-state index contributed by atoms with van der Waals surface area (Å²) >= 11 is 0. The van der Waals surface area contributed by atoms with Crippen LogP contribution in [-0.4, -0.2) is 42.9 Å². The van der Waals surface area contributed by atoms with Crippen LogP contribution >= 0.6 is 0 Å². The van der Waals surface area contributed by atoms with Gasteiger partial charge in [0, 0.05) is 6.42 Å². The van der Waals surface area contributed by atoms with Crippen molar-refractivity contribution >= 4 is 17.7 Å². The number of benzene rings is 1. The molecule has 1 aromatic carbocycles. The van der Waals surface area contributed by atoms with E-state index in [2.05, 4.69) is 10.6 Å². The highest BCUT2D eigenvalue weighted by atomic mass is 16.2. The Labute approximate surface area is 147 Å². The van der Waals surface area contributed by atoms with Crippen LogP contribution in [0.5, 0.6) is 0 Å². The molecular formula is C17H27N5O3. The summed E-state index contributed by atoms with van der Waals surface area (Å²) in [5, 5.41) is 5.07. The molecule has 0 saturated carbocycles. The molecule has 1 rings (SSSR count). The first-order valence-corrected chi connectivity index (χ1v) is 8.30. The van der Waals surface area contributed by atoms with Crippen molar-refractivity contribution in [2.45, 2.75) is 37.8 Å². The molecule has 3 amide bonds. The molecule has 0 bridgehead atoms. The third kappa shape index (κ3) is 8.27. The predicted octanol–water partition coefficient (Wildman–Crippen LogP) is -1.23. The lowest BCUT2D eigenvalue weighted by molar-refractivity contribution is -0.130. The maximum atomic E-state index is 12.3. The van der Waals surface area contributed by atoms with Crippen LogP contribution in [0.25, 0.3) is 0 Å². The Morgan fingerprint density at radius 3 is 2.32 bits per heavy atom. The van der Waals surface area contributed by atoms with Gasteiger partial charge in [-0.1, -0.05) is 36.8 Å². The summed E-state index contributed by atoms with van der Waals surface area (Å²) in [5.41, 5.74) is 17.2. The summed E-state index contributed by atoms with van der Waals surface area (Å²) in [4.78, 5) is 35.4. The lowest BCUT2D eigenvalue weighted by atomic mass is 10.0. The third-order valence-electron chi connectivity index (χ3n) is 3.66. The van der Waals surface area contributed by atoms with Crippen molar-refractivity contribution in [1.82, 2.24) is 10.6 Å². The van der Waals surface area contributed by atoms with E-state index in [0.717, 1.165) is 18.4 Å². The Kier molecular flexibility index (Phi) is 9.20. The molecule has 8 nitrogen and oxygen atoms in total. The van der Waals surface area contributed by atoms with Crippen molar-refractivity contribution in [2.24, 2.45) is 17.2 Å². The number of amides is 3. The van der Waals surface area contributed by atoms with Crippen LogP contribution in [0.1, 0.15) is 24.8 Å². The smallest absolute Gasteiger partial charge is 0.243 e. The molecule has 138 valence electrons. The number of hydrogen-bond acceptors (Lipinski definition) is 5. The van der Waals surface area contributed by atoms with Crippen molar-refractivity contribution in [2.75, 3.05) is 13.1 Å². The SMILES string of the molecule is NCCCC[C@H](N)C(=O)N[C@@H](Cc1ccccc1)C(=O)NCC(N)=O. The zero-order valence-electron chi connectivity index (χ0n) is 14.2. The first kappa shape index (κ1) is 20.6. The number of rotatable bonds is 11. The summed E-state index contributed by atoms with van der Waals surface area (Å²) < 4.78 is 0. The van der Waals surface area contributed by atoms with E-state index >= 15 is 0 Å². The van der Waals surface area contributed by atoms with Gasteiger partial charge in [-0.15, -0.1) is 0 Å². The molecule has 1 aromatic rings. The molecular weight excluding hydrogens is 322 g/mol. The number of hydrogen-bond donors (Lipinski definition) is 5. The molecule has 0 unspecified atom stereocenters. The van der Waals surface area contributed by atoms with Crippen LogP contribution in [0.2, 0.25) is 0 Å². The Morgan fingerprint density at radius 2 is 1.72 bits per heavy atom. The molecule has 0 heterocycles. The van der Waals surface area contributed by atoms with Crippen LogP contribution in [-0.2, 0) is 20.8 Å². The van der Waals surface area contributed by atoms with Crippen LogP contribution < -0.4 is 27.8 Å². The summed E-state index contributed by atoms with van der Waals surface area (Å²) in [6, 6.07) is 7.69. The highest BCUT2D eigenvalue weighted by Gasteiger charge is 2.24. The second-order valence-corrected chi connectivity index (χ2v) is 5.83. The van der Waals surface area contributed by atoms with E-state index in [4.69, 9.17) is 17.2 Å². The Balaban J connectivity index is 2.70. The molecule has 8 N–H and O–H groups in total. The van der Waals surface area contributed by atoms with Crippen molar-refractivity contribution in [3.8, 4) is 0 Å². The monoisotopic (exact) mass is 349 g/mol. The van der Waals surface area contributed by atoms with Crippen molar-refractivity contribution in [1.29, 1.82) is 0 Å². The lowest BCUT2D eigenvalue weighted by Crippen LogP contribution is -2.53. The fourth-order valence-electron chi connectivity index (χ4n) is 2.27. The minimum absolute atomic E-state index is 0.284. The molecule has 0 fully saturated rings. The van der Waals surface area contributed by atoms with E-state index in [-0.39, 0.29) is 13.0 Å². The van der Waals surface area contributed by atoms with Gasteiger partial charge in [-0.3, -0.25) is 14.4 Å². The topological polar surface area (TPSA) is 153 Å². The fraction of sp³-hybridized carbons (Fsp3) is 0.471. The summed E-state index contributed by atoms with van der Waals surface area (Å²) in [7, 11) is 0. The molecule has 0 spiro atoms. The molecule has 0 aliphatic carbocycles. The highest BCUT2D eigenvalue weighted by molar-refractivity contribution is 5.91. The van der Waals surface area contributed by atoms with Gasteiger partial charge in [-0.05, 0) is 24.9 Å². The van der Waals surface area contributed by atoms with E-state index in [1.165, 1.54) is 0 Å². The van der Waals surface area contributed by atoms with E-state index in [1.54, 1.807) is 0 Å². The Morgan fingerprint density at radius 1 is 1.04 bits per heavy atom. The van der Waals surface area contributed by atoms with Gasteiger partial charge in [-0.25, -0.2) is 0 Å². The third-order valence-corrected chi connectivity index (χ3v) is 3.66. The van der Waals surface area contributed by atoms with Gasteiger partial charge in [0.1, 0.15) is 6.04 Å². The van der Waals surface area contributed by atoms with Gasteiger partial charge < -0.3 is 27.8 Å². The number of primary amides is 1. The molecule has 0 saturated heterocycles. The summed E-state index contributed by atoms with van der Waals surface area (Å²) in [6.07, 6.45) is 2.30. The maximum Gasteiger partial charge on any atom is 0.243 e. The van der Waals surface area contributed by atoms with Gasteiger partial charge >= 0.3 is 0 Å². The van der Waals surface area contributed by atoms with E-state index < -0.39 is 29.8 Å². The molecule has 8 heteroatoms. The Hall–Kier alpha value is -2.45. The summed E-state index contributed by atoms with van der Waals surface area (Å²) in [5.74, 6) is -1.55. The molecule has 0 radical (unpaired) electrons. The van der Waals surface area contributed by atoms with Gasteiger partial charge in [-0.2, -0.15) is 0 Å². The average molecular weight is 349 g/mol. The number of carbonyl (C=O) groups excluding carboxylic acids is 3. The predicted molar refractivity (Wildman–Crippen MR) is 95.2 cm³/mol. The minimum atomic E-state index is -0.838. The van der Waals surface area contributed by atoms with Gasteiger partial charge in [0.25, 0.3) is 0 Å². The zero-order chi connectivity index (χ0) is 18.7. The van der Waals surface area contributed by atoms with Crippen LogP contribution in [0.4, 0.5) is 0 Å². The van der Waals surface area contributed by atoms with E-state index in [0.29, 0.717) is 13.0 Å². The van der Waals surface area contributed by atoms with Gasteiger partial charge in [0.05, 0.1) is 12.6 Å². The lowest BCUT2D eigenvalue weighted by Gasteiger charge is -2.20. The zero-order valence-corrected chi connectivity index (χ0v) is 14.2. The minimum Gasteiger partial charge on any atom is -0.368 e. The van der Waals surface area contributed by atoms with Crippen molar-refractivity contribution < 1.29 is 14.4 Å². The Bertz CT molecular complexity index is 565. The number of nitrogens with two attached hydrogens (primary N) is 3. The normalized spacial score (nSPS) is 12.9. The summed E-state index contributed by atoms with van der Waals surface area (Å²) in [6.45, 7) is 0.253. The van der Waals surface area contributed by atoms with Crippen LogP contribution in [0.3, 0.4) is 0 Å². The molecule has 0 aromatic heterocycles. The second-order valence-electron chi connectivity index (χ2n) is 5.83. The quantitative estimate of drug-likeness (QED) is 0.317. The maximum absolute atomic E-state index is 12.3. The fourth-order valence-corrected chi connectivity index (χ4v) is 2.27. The van der Waals surface area contributed by atoms with Crippen molar-refractivity contribution in [3.05, 3.63) is 35.9 Å². The van der Waals surface area contributed by atoms with Crippen LogP contribution in [0.15, 0.2) is 30.3 Å². The second kappa shape index (κ2) is 11.2. The first-order valence-electron chi connectivity index (χ1n) is 8.30. The van der Waals surface area contributed by atoms with Crippen LogP contribution in [0, 0.1) is 0 Å². The molecule has 2 atom stereocenters. The average Bonchev–Trinajstić information content (AvgIpc) is 2.60. The highest BCUT2D eigenvalue weighted by Crippen LogP contribution is 2.05. The first-order chi connectivity index (χ1) is 11.9. The van der Waals surface area contributed by atoms with Gasteiger partial charge in [0.2, 0.25) is 17.7 Å². The number of unbranched alkanes of at least 4 members (excludes halogenated alkanes) is 1. The molecule has 25 heavy (non-hydrogen) atoms. The molecule has 0 aliphatic rings. The number of carbonyl (C=O) groups is 3. The molecule has 0 aliphatic heterocycles. The number of nitrogens with one attached hydrogen (secondary N) is 2. The van der Waals surface area contributed by atoms with Crippen molar-refractivity contribution in [3.63, 3.8) is 0 Å². The standard InChI is InChI=1S/C17H27N5O3/c18-9-5-4-8-13(19)16(24)22-14(17(25)21-11-15(20)23)10-12-6-2-1-3-7-12/h1-3,6-7,13-14H,4-5,8-11,18-19H2,(H2,20,23)(H,21,25)(H,22,24)/t13-,14-/m0/s1.